The highest BCUT2D eigenvalue weighted by Crippen LogP contribution is 2.31. The fourth-order valence-electron chi connectivity index (χ4n) is 2.05. The third-order valence-electron chi connectivity index (χ3n) is 2.52. The maximum absolute atomic E-state index is 3.36. The molecule has 0 aromatic heterocycles. The predicted molar refractivity (Wildman–Crippen MR) is 56.4 cm³/mol. The maximum atomic E-state index is 3.36. The highest BCUT2D eigenvalue weighted by atomic mass is 14.9. The van der Waals surface area contributed by atoms with Gasteiger partial charge in [0.2, 0.25) is 0 Å². The summed E-state index contributed by atoms with van der Waals surface area (Å²) in [7, 11) is 2.04. The molecule has 0 unspecified atom stereocenters. The average molecular weight is 171 g/mol. The third kappa shape index (κ3) is 4.76. The first-order valence-electron chi connectivity index (χ1n) is 5.02. The second-order valence-electron chi connectivity index (χ2n) is 5.22. The van der Waals surface area contributed by atoms with Crippen LogP contribution in [0.1, 0.15) is 53.9 Å². The second-order valence-corrected chi connectivity index (χ2v) is 5.22. The first kappa shape index (κ1) is 12.0. The van der Waals surface area contributed by atoms with Crippen LogP contribution in [0.3, 0.4) is 0 Å². The van der Waals surface area contributed by atoms with Crippen molar-refractivity contribution in [2.24, 2.45) is 5.41 Å². The predicted octanol–water partition coefficient (Wildman–Crippen LogP) is 3.20. The summed E-state index contributed by atoms with van der Waals surface area (Å²) < 4.78 is 0. The largest absolute Gasteiger partial charge is 0.315 e. The molecule has 0 rings (SSSR count). The van der Waals surface area contributed by atoms with E-state index in [4.69, 9.17) is 0 Å². The fraction of sp³-hybridized carbons (Fsp3) is 1.00. The standard InChI is InChI=1S/C11H25N/c1-7-8-10(2,3)9-11(4,5)12-6/h12H,7-9H2,1-6H3. The van der Waals surface area contributed by atoms with Gasteiger partial charge in [-0.2, -0.15) is 0 Å². The molecule has 1 heteroatoms. The number of rotatable bonds is 5. The van der Waals surface area contributed by atoms with Crippen LogP contribution in [0.5, 0.6) is 0 Å². The minimum absolute atomic E-state index is 0.276. The summed E-state index contributed by atoms with van der Waals surface area (Å²) in [5, 5.41) is 3.36. The molecular weight excluding hydrogens is 146 g/mol. The number of hydrogen-bond acceptors (Lipinski definition) is 1. The molecule has 0 aliphatic heterocycles. The smallest absolute Gasteiger partial charge is 0.0127 e. The summed E-state index contributed by atoms with van der Waals surface area (Å²) in [6, 6.07) is 0. The lowest BCUT2D eigenvalue weighted by atomic mass is 9.77. The van der Waals surface area contributed by atoms with Gasteiger partial charge in [-0.25, -0.2) is 0 Å². The van der Waals surface area contributed by atoms with Gasteiger partial charge in [0, 0.05) is 5.54 Å². The molecule has 0 fully saturated rings. The zero-order valence-electron chi connectivity index (χ0n) is 9.62. The van der Waals surface area contributed by atoms with Crippen molar-refractivity contribution in [2.45, 2.75) is 59.4 Å². The van der Waals surface area contributed by atoms with Gasteiger partial charge in [0.05, 0.1) is 0 Å². The van der Waals surface area contributed by atoms with E-state index < -0.39 is 0 Å². The van der Waals surface area contributed by atoms with Crippen LogP contribution in [0, 0.1) is 5.41 Å². The van der Waals surface area contributed by atoms with Gasteiger partial charge in [0.1, 0.15) is 0 Å². The van der Waals surface area contributed by atoms with Crippen LogP contribution < -0.4 is 5.32 Å². The first-order chi connectivity index (χ1) is 5.33. The minimum Gasteiger partial charge on any atom is -0.315 e. The molecule has 0 bridgehead atoms. The van der Waals surface area contributed by atoms with E-state index in [0.29, 0.717) is 5.41 Å². The summed E-state index contributed by atoms with van der Waals surface area (Å²) in [6.45, 7) is 11.5. The molecule has 0 saturated heterocycles. The molecule has 0 saturated carbocycles. The SMILES string of the molecule is CCCC(C)(C)CC(C)(C)NC. The lowest BCUT2D eigenvalue weighted by Crippen LogP contribution is -2.40. The molecule has 0 heterocycles. The molecule has 0 radical (unpaired) electrons. The summed E-state index contributed by atoms with van der Waals surface area (Å²) in [4.78, 5) is 0. The van der Waals surface area contributed by atoms with E-state index in [1.165, 1.54) is 19.3 Å². The Bertz CT molecular complexity index is 125. The summed E-state index contributed by atoms with van der Waals surface area (Å²) in [5.41, 5.74) is 0.750. The van der Waals surface area contributed by atoms with Crippen LogP contribution in [-0.2, 0) is 0 Å². The second kappa shape index (κ2) is 4.27. The van der Waals surface area contributed by atoms with Gasteiger partial charge in [-0.3, -0.25) is 0 Å². The molecule has 0 aliphatic carbocycles. The molecular formula is C11H25N. The molecule has 0 atom stereocenters. The molecule has 0 amide bonds. The number of nitrogens with one attached hydrogen (secondary N) is 1. The summed E-state index contributed by atoms with van der Waals surface area (Å²) in [6.07, 6.45) is 3.84. The van der Waals surface area contributed by atoms with E-state index in [9.17, 15) is 0 Å². The molecule has 12 heavy (non-hydrogen) atoms. The van der Waals surface area contributed by atoms with Crippen LogP contribution in [0.15, 0.2) is 0 Å². The van der Waals surface area contributed by atoms with Crippen LogP contribution in [-0.4, -0.2) is 12.6 Å². The van der Waals surface area contributed by atoms with Gasteiger partial charge >= 0.3 is 0 Å². The van der Waals surface area contributed by atoms with E-state index >= 15 is 0 Å². The van der Waals surface area contributed by atoms with Crippen molar-refractivity contribution < 1.29 is 0 Å². The first-order valence-corrected chi connectivity index (χ1v) is 5.02. The molecule has 0 aliphatic rings. The van der Waals surface area contributed by atoms with Crippen molar-refractivity contribution in [3.05, 3.63) is 0 Å². The molecule has 1 N–H and O–H groups in total. The highest BCUT2D eigenvalue weighted by Gasteiger charge is 2.26. The maximum Gasteiger partial charge on any atom is 0.0127 e. The monoisotopic (exact) mass is 171 g/mol. The Kier molecular flexibility index (Phi) is 4.25. The summed E-state index contributed by atoms with van der Waals surface area (Å²) in [5.74, 6) is 0. The van der Waals surface area contributed by atoms with Gasteiger partial charge in [0.15, 0.2) is 0 Å². The van der Waals surface area contributed by atoms with E-state index in [1.807, 2.05) is 7.05 Å². The molecule has 0 aromatic rings. The topological polar surface area (TPSA) is 12.0 Å². The lowest BCUT2D eigenvalue weighted by Gasteiger charge is -2.34. The fourth-order valence-corrected chi connectivity index (χ4v) is 2.05. The normalized spacial score (nSPS) is 13.5. The van der Waals surface area contributed by atoms with Gasteiger partial charge in [-0.05, 0) is 39.2 Å². The molecule has 0 spiro atoms. The van der Waals surface area contributed by atoms with Crippen LogP contribution in [0.25, 0.3) is 0 Å². The Morgan fingerprint density at radius 2 is 1.58 bits per heavy atom. The highest BCUT2D eigenvalue weighted by molar-refractivity contribution is 4.83. The van der Waals surface area contributed by atoms with E-state index in [0.717, 1.165) is 0 Å². The van der Waals surface area contributed by atoms with Crippen molar-refractivity contribution in [1.82, 2.24) is 5.32 Å². The van der Waals surface area contributed by atoms with Crippen molar-refractivity contribution in [3.63, 3.8) is 0 Å². The van der Waals surface area contributed by atoms with E-state index in [-0.39, 0.29) is 5.54 Å². The Labute approximate surface area is 77.9 Å². The Balaban J connectivity index is 4.04. The van der Waals surface area contributed by atoms with Gasteiger partial charge in [-0.1, -0.05) is 27.2 Å². The Morgan fingerprint density at radius 1 is 1.08 bits per heavy atom. The molecule has 1 nitrogen and oxygen atoms in total. The third-order valence-corrected chi connectivity index (χ3v) is 2.52. The average Bonchev–Trinajstić information content (AvgIpc) is 1.85. The zero-order chi connectivity index (χ0) is 9.83. The van der Waals surface area contributed by atoms with Crippen molar-refractivity contribution >= 4 is 0 Å². The van der Waals surface area contributed by atoms with Crippen molar-refractivity contribution in [1.29, 1.82) is 0 Å². The van der Waals surface area contributed by atoms with Crippen LogP contribution >= 0.6 is 0 Å². The minimum atomic E-state index is 0.276. The quantitative estimate of drug-likeness (QED) is 0.670. The van der Waals surface area contributed by atoms with Crippen molar-refractivity contribution in [2.75, 3.05) is 7.05 Å². The zero-order valence-corrected chi connectivity index (χ0v) is 9.62. The Hall–Kier alpha value is -0.0400. The van der Waals surface area contributed by atoms with E-state index in [1.54, 1.807) is 0 Å². The lowest BCUT2D eigenvalue weighted by molar-refractivity contribution is 0.216. The van der Waals surface area contributed by atoms with Gasteiger partial charge < -0.3 is 5.32 Å². The molecule has 74 valence electrons. The van der Waals surface area contributed by atoms with Crippen LogP contribution in [0.2, 0.25) is 0 Å². The summed E-state index contributed by atoms with van der Waals surface area (Å²) >= 11 is 0. The van der Waals surface area contributed by atoms with E-state index in [2.05, 4.69) is 39.9 Å². The molecule has 0 aromatic carbocycles. The van der Waals surface area contributed by atoms with Crippen molar-refractivity contribution in [3.8, 4) is 0 Å². The number of hydrogen-bond donors (Lipinski definition) is 1. The van der Waals surface area contributed by atoms with Gasteiger partial charge in [0.25, 0.3) is 0 Å². The van der Waals surface area contributed by atoms with Gasteiger partial charge in [-0.15, -0.1) is 0 Å². The Morgan fingerprint density at radius 3 is 1.92 bits per heavy atom. The van der Waals surface area contributed by atoms with Crippen LogP contribution in [0.4, 0.5) is 0 Å².